The average molecular weight is 581 g/mol. The van der Waals surface area contributed by atoms with Gasteiger partial charge in [-0.05, 0) is 99.2 Å². The summed E-state index contributed by atoms with van der Waals surface area (Å²) < 4.78 is 36.9. The summed E-state index contributed by atoms with van der Waals surface area (Å²) in [4.78, 5) is 18.7. The molecular formula is C30H52N4O5S. The number of amides is 1. The van der Waals surface area contributed by atoms with E-state index in [1.54, 1.807) is 5.57 Å². The summed E-state index contributed by atoms with van der Waals surface area (Å²) in [6, 6.07) is 0. The summed E-state index contributed by atoms with van der Waals surface area (Å²) in [6.45, 7) is 11.4. The van der Waals surface area contributed by atoms with Gasteiger partial charge in [-0.2, -0.15) is 8.42 Å². The topological polar surface area (TPSA) is 148 Å². The van der Waals surface area contributed by atoms with Crippen LogP contribution in [0.5, 0.6) is 0 Å². The molecule has 1 saturated carbocycles. The number of nitrogens with zero attached hydrogens (tertiary/aromatic N) is 2. The zero-order valence-electron chi connectivity index (χ0n) is 25.0. The first-order valence-corrected chi connectivity index (χ1v) is 16.5. The molecule has 4 atom stereocenters. The Kier molecular flexibility index (Phi) is 11.3. The highest BCUT2D eigenvalue weighted by Crippen LogP contribution is 2.58. The molecule has 0 radical (unpaired) electrons. The predicted molar refractivity (Wildman–Crippen MR) is 160 cm³/mol. The van der Waals surface area contributed by atoms with Crippen LogP contribution < -0.4 is 11.5 Å². The van der Waals surface area contributed by atoms with E-state index in [4.69, 9.17) is 15.7 Å². The van der Waals surface area contributed by atoms with E-state index >= 15 is 0 Å². The average Bonchev–Trinajstić information content (AvgIpc) is 3.21. The molecular weight excluding hydrogens is 528 g/mol. The minimum absolute atomic E-state index is 0.0210. The van der Waals surface area contributed by atoms with Gasteiger partial charge in [-0.3, -0.25) is 14.3 Å². The van der Waals surface area contributed by atoms with Crippen molar-refractivity contribution >= 4 is 22.3 Å². The van der Waals surface area contributed by atoms with Gasteiger partial charge in [-0.25, -0.2) is 4.18 Å². The first-order chi connectivity index (χ1) is 18.7. The van der Waals surface area contributed by atoms with Crippen LogP contribution in [0.15, 0.2) is 28.3 Å². The number of carbonyl (C=O) groups excluding carboxylic acids is 1. The minimum atomic E-state index is -4.50. The molecule has 1 heterocycles. The molecule has 9 nitrogen and oxygen atoms in total. The lowest BCUT2D eigenvalue weighted by atomic mass is 9.52. The van der Waals surface area contributed by atoms with Crippen LogP contribution in [0.2, 0.25) is 0 Å². The van der Waals surface area contributed by atoms with Crippen LogP contribution in [0, 0.1) is 28.6 Å². The molecule has 0 saturated heterocycles. The zero-order valence-corrected chi connectivity index (χ0v) is 25.8. The fourth-order valence-corrected chi connectivity index (χ4v) is 7.49. The Morgan fingerprint density at radius 2 is 1.93 bits per heavy atom. The van der Waals surface area contributed by atoms with E-state index in [-0.39, 0.29) is 29.8 Å². The largest absolute Gasteiger partial charge is 0.397 e. The van der Waals surface area contributed by atoms with Gasteiger partial charge >= 0.3 is 10.4 Å². The summed E-state index contributed by atoms with van der Waals surface area (Å²) in [5.74, 6) is 1.30. The quantitative estimate of drug-likeness (QED) is 0.0812. The van der Waals surface area contributed by atoms with Gasteiger partial charge in [0.2, 0.25) is 5.91 Å². The maximum Gasteiger partial charge on any atom is 0.397 e. The Morgan fingerprint density at radius 1 is 1.18 bits per heavy atom. The van der Waals surface area contributed by atoms with Crippen LogP contribution >= 0.6 is 0 Å². The molecule has 0 aromatic rings. The van der Waals surface area contributed by atoms with Crippen molar-refractivity contribution in [2.75, 3.05) is 26.2 Å². The first kappa shape index (κ1) is 32.6. The van der Waals surface area contributed by atoms with Gasteiger partial charge in [0.05, 0.1) is 6.61 Å². The van der Waals surface area contributed by atoms with E-state index in [0.717, 1.165) is 50.5 Å². The predicted octanol–water partition coefficient (Wildman–Crippen LogP) is 4.99. The van der Waals surface area contributed by atoms with Crippen LogP contribution in [0.25, 0.3) is 0 Å². The number of allylic oxidation sites excluding steroid dienone is 2. The highest BCUT2D eigenvalue weighted by atomic mass is 32.3. The Hall–Kier alpha value is -1.91. The van der Waals surface area contributed by atoms with E-state index in [1.165, 1.54) is 19.3 Å². The van der Waals surface area contributed by atoms with Crippen LogP contribution in [0.1, 0.15) is 98.3 Å². The van der Waals surface area contributed by atoms with Gasteiger partial charge in [0.1, 0.15) is 0 Å². The van der Waals surface area contributed by atoms with Crippen molar-refractivity contribution < 1.29 is 21.9 Å². The number of carbonyl (C=O) groups is 1. The van der Waals surface area contributed by atoms with Crippen molar-refractivity contribution in [3.8, 4) is 0 Å². The van der Waals surface area contributed by atoms with Crippen LogP contribution in [-0.4, -0.2) is 56.0 Å². The molecule has 40 heavy (non-hydrogen) atoms. The number of fused-ring (bicyclic) bond motifs is 1. The maximum atomic E-state index is 12.9. The molecule has 0 aromatic heterocycles. The lowest BCUT2D eigenvalue weighted by molar-refractivity contribution is -0.125. The fraction of sp³-hybridized carbons (Fsp3) is 0.800. The standard InChI is InChI=1S/C30H52N4O5S/c1-22-12-13-25-26(11-8-16-29(25,2)3)30(22,4)17-14-23(21-39-40(36,37)38)9-7-10-24-15-20-34(27(24)35)19-6-5-18-33-28(31)32/h11,15,22-23,25H,5-10,12-14,16-21H2,1-4H3,(H4,31,32,33)(H,36,37,38)/t22-,23-,25-,30-/m0/s1. The van der Waals surface area contributed by atoms with Gasteiger partial charge in [0, 0.05) is 25.2 Å². The van der Waals surface area contributed by atoms with Crippen molar-refractivity contribution in [2.24, 2.45) is 45.0 Å². The van der Waals surface area contributed by atoms with Crippen molar-refractivity contribution in [3.63, 3.8) is 0 Å². The number of hydrogen-bond donors (Lipinski definition) is 3. The smallest absolute Gasteiger partial charge is 0.370 e. The lowest BCUT2D eigenvalue weighted by Gasteiger charge is -2.53. The molecule has 0 spiro atoms. The molecule has 1 fully saturated rings. The first-order valence-electron chi connectivity index (χ1n) is 15.1. The van der Waals surface area contributed by atoms with Crippen molar-refractivity contribution in [2.45, 2.75) is 98.3 Å². The highest BCUT2D eigenvalue weighted by Gasteiger charge is 2.47. The Bertz CT molecular complexity index is 1080. The summed E-state index contributed by atoms with van der Waals surface area (Å²) in [5, 5.41) is 0. The van der Waals surface area contributed by atoms with Gasteiger partial charge in [0.25, 0.3) is 0 Å². The molecule has 1 amide bonds. The van der Waals surface area contributed by atoms with E-state index in [1.807, 2.05) is 11.0 Å². The highest BCUT2D eigenvalue weighted by molar-refractivity contribution is 7.80. The zero-order chi connectivity index (χ0) is 29.6. The summed E-state index contributed by atoms with van der Waals surface area (Å²) in [5.41, 5.74) is 13.5. The molecule has 0 aromatic carbocycles. The number of unbranched alkanes of at least 4 members (excludes halogenated alkanes) is 1. The second kappa shape index (κ2) is 13.8. The minimum Gasteiger partial charge on any atom is -0.370 e. The second-order valence-corrected chi connectivity index (χ2v) is 14.2. The molecule has 5 N–H and O–H groups in total. The molecule has 228 valence electrons. The molecule has 1 aliphatic heterocycles. The molecule has 10 heteroatoms. The van der Waals surface area contributed by atoms with Crippen LogP contribution in [-0.2, 0) is 19.4 Å². The summed E-state index contributed by atoms with van der Waals surface area (Å²) >= 11 is 0. The third-order valence-corrected chi connectivity index (χ3v) is 10.4. The lowest BCUT2D eigenvalue weighted by Crippen LogP contribution is -2.43. The van der Waals surface area contributed by atoms with E-state index in [9.17, 15) is 17.8 Å². The van der Waals surface area contributed by atoms with Gasteiger partial charge in [0.15, 0.2) is 5.96 Å². The van der Waals surface area contributed by atoms with Crippen molar-refractivity contribution in [1.82, 2.24) is 4.90 Å². The second-order valence-electron chi connectivity index (χ2n) is 13.1. The normalized spacial score (nSPS) is 27.1. The van der Waals surface area contributed by atoms with Gasteiger partial charge in [-0.1, -0.05) is 45.4 Å². The Balaban J connectivity index is 1.55. The van der Waals surface area contributed by atoms with Gasteiger partial charge < -0.3 is 16.4 Å². The van der Waals surface area contributed by atoms with Crippen LogP contribution in [0.3, 0.4) is 0 Å². The monoisotopic (exact) mass is 580 g/mol. The molecule has 3 aliphatic rings. The number of nitrogens with two attached hydrogens (primary N) is 2. The molecule has 2 aliphatic carbocycles. The Morgan fingerprint density at radius 3 is 2.62 bits per heavy atom. The van der Waals surface area contributed by atoms with E-state index in [0.29, 0.717) is 43.3 Å². The third kappa shape index (κ3) is 8.79. The Labute approximate surface area is 241 Å². The summed E-state index contributed by atoms with van der Waals surface area (Å²) in [6.07, 6.45) is 14.9. The third-order valence-electron chi connectivity index (χ3n) is 9.94. The van der Waals surface area contributed by atoms with E-state index < -0.39 is 10.4 Å². The van der Waals surface area contributed by atoms with Crippen molar-refractivity contribution in [3.05, 3.63) is 23.3 Å². The summed E-state index contributed by atoms with van der Waals surface area (Å²) in [7, 11) is -4.50. The molecule has 3 rings (SSSR count). The number of rotatable bonds is 15. The number of guanidine groups is 1. The number of hydrogen-bond acceptors (Lipinski definition) is 5. The maximum absolute atomic E-state index is 12.9. The fourth-order valence-electron chi connectivity index (χ4n) is 7.12. The number of aliphatic imine (C=N–C) groups is 1. The van der Waals surface area contributed by atoms with E-state index in [2.05, 4.69) is 38.8 Å². The van der Waals surface area contributed by atoms with Gasteiger partial charge in [-0.15, -0.1) is 0 Å². The SMILES string of the molecule is C[C@H]1CC[C@H]2C(=CCCC2(C)C)[C@@]1(C)CC[C@H](CCCC1=CCN(CCCCN=C(N)N)C1=O)COS(=O)(=O)O. The van der Waals surface area contributed by atoms with Crippen molar-refractivity contribution in [1.29, 1.82) is 0 Å². The van der Waals surface area contributed by atoms with Crippen LogP contribution in [0.4, 0.5) is 0 Å². The molecule has 0 unspecified atom stereocenters. The molecule has 0 bridgehead atoms.